The lowest BCUT2D eigenvalue weighted by Gasteiger charge is -2.07. The lowest BCUT2D eigenvalue weighted by atomic mass is 10.1. The Balaban J connectivity index is 1.69. The fraction of sp³-hybridized carbons (Fsp3) is 0.533. The van der Waals surface area contributed by atoms with E-state index in [4.69, 9.17) is 4.74 Å². The molecule has 5 heteroatoms. The Labute approximate surface area is 118 Å². The first-order chi connectivity index (χ1) is 9.70. The monoisotopic (exact) mass is 281 g/mol. The molecule has 0 aromatic heterocycles. The van der Waals surface area contributed by atoms with Gasteiger partial charge in [0, 0.05) is 19.7 Å². The van der Waals surface area contributed by atoms with E-state index in [9.17, 15) is 9.18 Å². The molecule has 4 nitrogen and oxygen atoms in total. The fourth-order valence-electron chi connectivity index (χ4n) is 1.86. The van der Waals surface area contributed by atoms with Gasteiger partial charge in [-0.05, 0) is 36.5 Å². The highest BCUT2D eigenvalue weighted by molar-refractivity contribution is 5.89. The highest BCUT2D eigenvalue weighted by Crippen LogP contribution is 2.28. The summed E-state index contributed by atoms with van der Waals surface area (Å²) >= 11 is 0. The number of ether oxygens (including phenoxy) is 2. The topological polar surface area (TPSA) is 47.6 Å². The first-order valence-corrected chi connectivity index (χ1v) is 6.86. The van der Waals surface area contributed by atoms with E-state index in [0.717, 1.165) is 24.6 Å². The summed E-state index contributed by atoms with van der Waals surface area (Å²) in [6, 6.07) is 4.51. The highest BCUT2D eigenvalue weighted by Gasteiger charge is 2.20. The Bertz CT molecular complexity index is 460. The van der Waals surface area contributed by atoms with Crippen LogP contribution in [0.1, 0.15) is 28.8 Å². The van der Waals surface area contributed by atoms with Gasteiger partial charge < -0.3 is 14.8 Å². The highest BCUT2D eigenvalue weighted by atomic mass is 19.1. The predicted molar refractivity (Wildman–Crippen MR) is 73.0 cm³/mol. The van der Waals surface area contributed by atoms with Crippen molar-refractivity contribution >= 4 is 5.97 Å². The Morgan fingerprint density at radius 3 is 2.90 bits per heavy atom. The van der Waals surface area contributed by atoms with Crippen molar-refractivity contribution in [1.82, 2.24) is 5.32 Å². The van der Waals surface area contributed by atoms with Crippen LogP contribution in [0.5, 0.6) is 0 Å². The van der Waals surface area contributed by atoms with Crippen molar-refractivity contribution in [2.75, 3.05) is 26.9 Å². The van der Waals surface area contributed by atoms with Gasteiger partial charge in [0.25, 0.3) is 0 Å². The predicted octanol–water partition coefficient (Wildman–Crippen LogP) is 2.13. The number of nitrogens with one attached hydrogen (secondary N) is 1. The molecule has 0 saturated heterocycles. The average Bonchev–Trinajstić information content (AvgIpc) is 3.26. The number of benzene rings is 1. The van der Waals surface area contributed by atoms with E-state index in [1.165, 1.54) is 32.1 Å². The molecule has 20 heavy (non-hydrogen) atoms. The Morgan fingerprint density at radius 2 is 2.25 bits per heavy atom. The lowest BCUT2D eigenvalue weighted by molar-refractivity contribution is 0.0595. The minimum atomic E-state index is -0.657. The number of methoxy groups -OCH3 is 1. The third kappa shape index (κ3) is 4.58. The Hall–Kier alpha value is -1.46. The van der Waals surface area contributed by atoms with Gasteiger partial charge in [-0.15, -0.1) is 0 Å². The van der Waals surface area contributed by atoms with Gasteiger partial charge in [-0.1, -0.05) is 6.07 Å². The lowest BCUT2D eigenvalue weighted by Crippen LogP contribution is -2.20. The molecule has 0 atom stereocenters. The first kappa shape index (κ1) is 14.9. The van der Waals surface area contributed by atoms with Crippen LogP contribution in [0.2, 0.25) is 0 Å². The summed E-state index contributed by atoms with van der Waals surface area (Å²) in [5.74, 6) is -0.438. The summed E-state index contributed by atoms with van der Waals surface area (Å²) in [7, 11) is 1.23. The first-order valence-electron chi connectivity index (χ1n) is 6.86. The maximum absolute atomic E-state index is 13.7. The molecule has 0 radical (unpaired) electrons. The van der Waals surface area contributed by atoms with Crippen LogP contribution in [0.4, 0.5) is 4.39 Å². The van der Waals surface area contributed by atoms with Crippen LogP contribution in [0.3, 0.4) is 0 Å². The van der Waals surface area contributed by atoms with Gasteiger partial charge in [-0.2, -0.15) is 0 Å². The number of hydrogen-bond donors (Lipinski definition) is 1. The van der Waals surface area contributed by atoms with Crippen LogP contribution < -0.4 is 5.32 Å². The summed E-state index contributed by atoms with van der Waals surface area (Å²) in [4.78, 5) is 11.2. The summed E-state index contributed by atoms with van der Waals surface area (Å²) in [6.45, 7) is 2.79. The van der Waals surface area contributed by atoms with Crippen LogP contribution in [0, 0.1) is 11.7 Å². The van der Waals surface area contributed by atoms with E-state index in [1.54, 1.807) is 6.07 Å². The molecule has 1 aliphatic carbocycles. The molecule has 1 fully saturated rings. The third-order valence-electron chi connectivity index (χ3n) is 3.24. The molecule has 1 aliphatic rings. The van der Waals surface area contributed by atoms with Crippen molar-refractivity contribution in [2.24, 2.45) is 5.92 Å². The van der Waals surface area contributed by atoms with E-state index in [2.05, 4.69) is 10.1 Å². The van der Waals surface area contributed by atoms with E-state index < -0.39 is 11.8 Å². The van der Waals surface area contributed by atoms with Crippen molar-refractivity contribution < 1.29 is 18.7 Å². The van der Waals surface area contributed by atoms with E-state index in [-0.39, 0.29) is 5.56 Å². The molecule has 0 spiro atoms. The van der Waals surface area contributed by atoms with Gasteiger partial charge >= 0.3 is 5.97 Å². The average molecular weight is 281 g/mol. The van der Waals surface area contributed by atoms with Crippen LogP contribution in [-0.4, -0.2) is 32.8 Å². The SMILES string of the molecule is COC(=O)c1ccc(CNCCOCC2CC2)cc1F. The van der Waals surface area contributed by atoms with Gasteiger partial charge in [0.05, 0.1) is 19.3 Å². The van der Waals surface area contributed by atoms with Crippen molar-refractivity contribution in [3.63, 3.8) is 0 Å². The van der Waals surface area contributed by atoms with Gasteiger partial charge in [-0.3, -0.25) is 0 Å². The Morgan fingerprint density at radius 1 is 1.45 bits per heavy atom. The van der Waals surface area contributed by atoms with Crippen LogP contribution in [0.15, 0.2) is 18.2 Å². The zero-order valence-electron chi connectivity index (χ0n) is 11.7. The van der Waals surface area contributed by atoms with Gasteiger partial charge in [-0.25, -0.2) is 9.18 Å². The molecule has 1 aromatic rings. The van der Waals surface area contributed by atoms with Gasteiger partial charge in [0.2, 0.25) is 0 Å². The second-order valence-corrected chi connectivity index (χ2v) is 5.00. The molecule has 0 amide bonds. The maximum atomic E-state index is 13.7. The summed E-state index contributed by atoms with van der Waals surface area (Å²) in [5.41, 5.74) is 0.751. The zero-order valence-corrected chi connectivity index (χ0v) is 11.7. The molecule has 0 unspecified atom stereocenters. The number of carbonyl (C=O) groups is 1. The van der Waals surface area contributed by atoms with E-state index in [0.29, 0.717) is 13.2 Å². The minimum absolute atomic E-state index is 0.0379. The fourth-order valence-corrected chi connectivity index (χ4v) is 1.86. The smallest absolute Gasteiger partial charge is 0.340 e. The summed E-state index contributed by atoms with van der Waals surface area (Å²) < 4.78 is 23.6. The van der Waals surface area contributed by atoms with Gasteiger partial charge in [0.1, 0.15) is 5.82 Å². The number of halogens is 1. The largest absolute Gasteiger partial charge is 0.465 e. The van der Waals surface area contributed by atoms with Crippen LogP contribution in [0.25, 0.3) is 0 Å². The molecule has 110 valence electrons. The molecule has 2 rings (SSSR count). The van der Waals surface area contributed by atoms with Crippen LogP contribution >= 0.6 is 0 Å². The van der Waals surface area contributed by atoms with Gasteiger partial charge in [0.15, 0.2) is 0 Å². The molecule has 1 saturated carbocycles. The van der Waals surface area contributed by atoms with Crippen LogP contribution in [-0.2, 0) is 16.0 Å². The number of esters is 1. The third-order valence-corrected chi connectivity index (χ3v) is 3.24. The summed E-state index contributed by atoms with van der Waals surface area (Å²) in [5, 5.41) is 3.18. The van der Waals surface area contributed by atoms with Crippen molar-refractivity contribution in [3.05, 3.63) is 35.1 Å². The Kier molecular flexibility index (Phi) is 5.49. The standard InChI is InChI=1S/C15H20FNO3/c1-19-15(18)13-5-4-12(8-14(13)16)9-17-6-7-20-10-11-2-3-11/h4-5,8,11,17H,2-3,6-7,9-10H2,1H3. The maximum Gasteiger partial charge on any atom is 0.340 e. The molecular weight excluding hydrogens is 261 g/mol. The van der Waals surface area contributed by atoms with Crippen molar-refractivity contribution in [2.45, 2.75) is 19.4 Å². The number of rotatable bonds is 8. The van der Waals surface area contributed by atoms with E-state index >= 15 is 0 Å². The molecule has 1 aromatic carbocycles. The number of carbonyl (C=O) groups excluding carboxylic acids is 1. The minimum Gasteiger partial charge on any atom is -0.465 e. The summed E-state index contributed by atoms with van der Waals surface area (Å²) in [6.07, 6.45) is 2.58. The molecular formula is C15H20FNO3. The molecule has 0 aliphatic heterocycles. The van der Waals surface area contributed by atoms with Crippen molar-refractivity contribution in [1.29, 1.82) is 0 Å². The quantitative estimate of drug-likeness (QED) is 0.586. The second kappa shape index (κ2) is 7.36. The zero-order chi connectivity index (χ0) is 14.4. The molecule has 1 N–H and O–H groups in total. The normalized spacial score (nSPS) is 14.3. The van der Waals surface area contributed by atoms with E-state index in [1.807, 2.05) is 0 Å². The van der Waals surface area contributed by atoms with Crippen molar-refractivity contribution in [3.8, 4) is 0 Å². The number of hydrogen-bond acceptors (Lipinski definition) is 4. The second-order valence-electron chi connectivity index (χ2n) is 5.00. The molecule has 0 bridgehead atoms. The molecule has 0 heterocycles.